The number of nitro groups is 1. The van der Waals surface area contributed by atoms with Gasteiger partial charge in [0.15, 0.2) is 11.5 Å². The van der Waals surface area contributed by atoms with E-state index < -0.39 is 16.8 Å². The number of methoxy groups -OCH3 is 1. The van der Waals surface area contributed by atoms with Crippen LogP contribution in [-0.2, 0) is 0 Å². The van der Waals surface area contributed by atoms with Crippen LogP contribution in [0.15, 0.2) is 72.1 Å². The number of hydrogen-bond donors (Lipinski definition) is 1. The summed E-state index contributed by atoms with van der Waals surface area (Å²) in [5, 5.41) is 20.9. The second-order valence-corrected chi connectivity index (χ2v) is 9.26. The number of allylic oxidation sites excluding steroid dienone is 1. The van der Waals surface area contributed by atoms with E-state index in [9.17, 15) is 20.2 Å². The first-order valence-electron chi connectivity index (χ1n) is 12.2. The minimum Gasteiger partial charge on any atom is -0.493 e. The van der Waals surface area contributed by atoms with E-state index in [0.29, 0.717) is 35.3 Å². The molecule has 0 amide bonds. The van der Waals surface area contributed by atoms with Crippen molar-refractivity contribution in [2.75, 3.05) is 13.7 Å². The molecule has 1 aliphatic rings. The number of rotatable bonds is 9. The summed E-state index contributed by atoms with van der Waals surface area (Å²) >= 11 is 0. The Morgan fingerprint density at radius 2 is 1.95 bits per heavy atom. The lowest BCUT2D eigenvalue weighted by molar-refractivity contribution is -0.384. The second kappa shape index (κ2) is 11.6. The number of esters is 1. The van der Waals surface area contributed by atoms with E-state index in [1.165, 1.54) is 24.3 Å². The molecule has 0 saturated heterocycles. The number of nitriles is 1. The molecule has 3 aromatic rings. The number of nitro benzene ring substituents is 1. The third-order valence-electron chi connectivity index (χ3n) is 6.17. The third-order valence-corrected chi connectivity index (χ3v) is 6.17. The molecule has 0 fully saturated rings. The molecule has 0 saturated carbocycles. The zero-order chi connectivity index (χ0) is 28.1. The molecule has 0 aromatic heterocycles. The third kappa shape index (κ3) is 5.93. The van der Waals surface area contributed by atoms with Gasteiger partial charge in [-0.2, -0.15) is 5.26 Å². The van der Waals surface area contributed by atoms with Crippen molar-refractivity contribution in [1.29, 1.82) is 5.26 Å². The molecular formula is C29H27N3O7. The Morgan fingerprint density at radius 3 is 2.64 bits per heavy atom. The predicted octanol–water partition coefficient (Wildman–Crippen LogP) is 5.47. The fourth-order valence-electron chi connectivity index (χ4n) is 4.14. The number of carbonyl (C=O) groups is 1. The van der Waals surface area contributed by atoms with Gasteiger partial charge < -0.3 is 24.7 Å². The highest BCUT2D eigenvalue weighted by Gasteiger charge is 2.32. The molecule has 0 radical (unpaired) electrons. The fraction of sp³-hybridized carbons (Fsp3) is 0.241. The average molecular weight is 530 g/mol. The van der Waals surface area contributed by atoms with Crippen molar-refractivity contribution in [3.8, 4) is 29.1 Å². The van der Waals surface area contributed by atoms with Crippen molar-refractivity contribution in [2.45, 2.75) is 26.2 Å². The maximum atomic E-state index is 12.6. The topological polar surface area (TPSA) is 147 Å². The molecule has 4 rings (SSSR count). The maximum absolute atomic E-state index is 12.6. The minimum absolute atomic E-state index is 0.0229. The molecule has 200 valence electrons. The molecule has 1 atom stereocenters. The molecule has 0 bridgehead atoms. The van der Waals surface area contributed by atoms with Crippen LogP contribution in [0.5, 0.6) is 23.0 Å². The van der Waals surface area contributed by atoms with Gasteiger partial charge in [-0.1, -0.05) is 32.0 Å². The van der Waals surface area contributed by atoms with Crippen LogP contribution < -0.4 is 24.7 Å². The van der Waals surface area contributed by atoms with Crippen LogP contribution in [0.3, 0.4) is 0 Å². The maximum Gasteiger partial charge on any atom is 0.343 e. The van der Waals surface area contributed by atoms with E-state index in [1.54, 1.807) is 31.4 Å². The largest absolute Gasteiger partial charge is 0.493 e. The number of fused-ring (bicyclic) bond motifs is 1. The van der Waals surface area contributed by atoms with Crippen molar-refractivity contribution in [1.82, 2.24) is 0 Å². The van der Waals surface area contributed by atoms with E-state index in [2.05, 4.69) is 19.9 Å². The van der Waals surface area contributed by atoms with Gasteiger partial charge in [-0.15, -0.1) is 0 Å². The Labute approximate surface area is 225 Å². The number of non-ortho nitro benzene ring substituents is 1. The van der Waals surface area contributed by atoms with E-state index in [1.807, 2.05) is 6.07 Å². The first-order valence-corrected chi connectivity index (χ1v) is 12.2. The van der Waals surface area contributed by atoms with Crippen LogP contribution in [0, 0.1) is 27.4 Å². The molecule has 10 nitrogen and oxygen atoms in total. The Morgan fingerprint density at radius 1 is 1.15 bits per heavy atom. The summed E-state index contributed by atoms with van der Waals surface area (Å²) in [6.45, 7) is 4.78. The number of hydrogen-bond acceptors (Lipinski definition) is 9. The Bertz CT molecular complexity index is 1490. The van der Waals surface area contributed by atoms with Crippen LogP contribution in [0.25, 0.3) is 0 Å². The summed E-state index contributed by atoms with van der Waals surface area (Å²) < 4.78 is 22.6. The lowest BCUT2D eigenvalue weighted by Crippen LogP contribution is -2.21. The molecule has 3 aromatic carbocycles. The standard InChI is InChI=1S/C29H27N3O7/c1-17(2)11-12-37-24-10-7-18(14-26(24)36-3)27-22-9-8-21(15-25(22)39-28(31)23(27)16-30)38-29(33)19-5-4-6-20(13-19)32(34)35/h4-10,13-15,17,27H,11-12,31H2,1-3H3. The molecule has 1 aliphatic heterocycles. The number of nitrogens with two attached hydrogens (primary N) is 1. The Hall–Kier alpha value is -5.04. The number of carbonyl (C=O) groups excluding carboxylic acids is 1. The first kappa shape index (κ1) is 27.0. The molecule has 0 spiro atoms. The van der Waals surface area contributed by atoms with Crippen LogP contribution in [0.2, 0.25) is 0 Å². The smallest absolute Gasteiger partial charge is 0.343 e. The lowest BCUT2D eigenvalue weighted by atomic mass is 9.83. The molecule has 1 unspecified atom stereocenters. The highest BCUT2D eigenvalue weighted by molar-refractivity contribution is 5.91. The van der Waals surface area contributed by atoms with E-state index in [-0.39, 0.29) is 28.5 Å². The Kier molecular flexibility index (Phi) is 8.01. The van der Waals surface area contributed by atoms with Crippen molar-refractivity contribution in [3.05, 3.63) is 98.9 Å². The molecule has 1 heterocycles. The normalized spacial score (nSPS) is 14.2. The van der Waals surface area contributed by atoms with E-state index in [0.717, 1.165) is 18.1 Å². The minimum atomic E-state index is -0.773. The summed E-state index contributed by atoms with van der Waals surface area (Å²) in [5.41, 5.74) is 7.50. The van der Waals surface area contributed by atoms with Gasteiger partial charge in [-0.3, -0.25) is 10.1 Å². The highest BCUT2D eigenvalue weighted by atomic mass is 16.6. The van der Waals surface area contributed by atoms with Gasteiger partial charge in [0, 0.05) is 23.8 Å². The van der Waals surface area contributed by atoms with Gasteiger partial charge in [-0.25, -0.2) is 4.79 Å². The summed E-state index contributed by atoms with van der Waals surface area (Å²) in [5.74, 6) is 0.629. The lowest BCUT2D eigenvalue weighted by Gasteiger charge is -2.27. The van der Waals surface area contributed by atoms with E-state index in [4.69, 9.17) is 24.7 Å². The molecular weight excluding hydrogens is 502 g/mol. The van der Waals surface area contributed by atoms with Gasteiger partial charge in [-0.05, 0) is 42.2 Å². The number of nitrogens with zero attached hydrogens (tertiary/aromatic N) is 2. The predicted molar refractivity (Wildman–Crippen MR) is 142 cm³/mol. The number of ether oxygens (including phenoxy) is 4. The van der Waals surface area contributed by atoms with Gasteiger partial charge in [0.25, 0.3) is 5.69 Å². The van der Waals surface area contributed by atoms with Crippen molar-refractivity contribution in [3.63, 3.8) is 0 Å². The van der Waals surface area contributed by atoms with Gasteiger partial charge in [0.2, 0.25) is 5.88 Å². The molecule has 0 aliphatic carbocycles. The summed E-state index contributed by atoms with van der Waals surface area (Å²) in [6, 6.07) is 17.5. The number of benzene rings is 3. The van der Waals surface area contributed by atoms with Gasteiger partial charge in [0.1, 0.15) is 23.1 Å². The fourth-order valence-corrected chi connectivity index (χ4v) is 4.14. The van der Waals surface area contributed by atoms with Crippen LogP contribution in [0.4, 0.5) is 5.69 Å². The van der Waals surface area contributed by atoms with Crippen LogP contribution in [0.1, 0.15) is 47.7 Å². The van der Waals surface area contributed by atoms with Crippen molar-refractivity contribution >= 4 is 11.7 Å². The van der Waals surface area contributed by atoms with Crippen LogP contribution >= 0.6 is 0 Å². The highest BCUT2D eigenvalue weighted by Crippen LogP contribution is 2.45. The molecule has 2 N–H and O–H groups in total. The Balaban J connectivity index is 1.64. The SMILES string of the molecule is COc1cc(C2C(C#N)=C(N)Oc3cc(OC(=O)c4cccc([N+](=O)[O-])c4)ccc32)ccc1OCCC(C)C. The van der Waals surface area contributed by atoms with Gasteiger partial charge >= 0.3 is 5.97 Å². The van der Waals surface area contributed by atoms with Crippen LogP contribution in [-0.4, -0.2) is 24.6 Å². The quantitative estimate of drug-likeness (QED) is 0.165. The summed E-state index contributed by atoms with van der Waals surface area (Å²) in [6.07, 6.45) is 0.893. The zero-order valence-corrected chi connectivity index (χ0v) is 21.7. The van der Waals surface area contributed by atoms with E-state index >= 15 is 0 Å². The average Bonchev–Trinajstić information content (AvgIpc) is 2.92. The summed E-state index contributed by atoms with van der Waals surface area (Å²) in [4.78, 5) is 23.1. The first-order chi connectivity index (χ1) is 18.7. The zero-order valence-electron chi connectivity index (χ0n) is 21.7. The monoisotopic (exact) mass is 529 g/mol. The van der Waals surface area contributed by atoms with Crippen molar-refractivity contribution < 1.29 is 28.7 Å². The van der Waals surface area contributed by atoms with Crippen molar-refractivity contribution in [2.24, 2.45) is 11.7 Å². The molecule has 10 heteroatoms. The summed E-state index contributed by atoms with van der Waals surface area (Å²) in [7, 11) is 1.55. The van der Waals surface area contributed by atoms with Gasteiger partial charge in [0.05, 0.1) is 30.1 Å². The molecule has 39 heavy (non-hydrogen) atoms. The second-order valence-electron chi connectivity index (χ2n) is 9.26.